The van der Waals surface area contributed by atoms with Crippen LogP contribution in [-0.4, -0.2) is 45.5 Å². The van der Waals surface area contributed by atoms with E-state index in [1.807, 2.05) is 36.1 Å². The third-order valence-electron chi connectivity index (χ3n) is 5.42. The van der Waals surface area contributed by atoms with Gasteiger partial charge in [0.05, 0.1) is 18.3 Å². The van der Waals surface area contributed by atoms with Crippen LogP contribution in [-0.2, 0) is 13.2 Å². The Morgan fingerprint density at radius 1 is 1.29 bits per heavy atom. The Hall–Kier alpha value is -3.16. The highest BCUT2D eigenvalue weighted by atomic mass is 35.5. The molecule has 1 aromatic heterocycles. The molecule has 0 spiro atoms. The molecule has 1 amide bonds. The van der Waals surface area contributed by atoms with E-state index in [2.05, 4.69) is 10.1 Å². The number of nitrogens with two attached hydrogens (primary N) is 1. The van der Waals surface area contributed by atoms with Crippen LogP contribution in [0.1, 0.15) is 40.1 Å². The second-order valence-electron chi connectivity index (χ2n) is 7.71. The quantitative estimate of drug-likeness (QED) is 0.471. The predicted molar refractivity (Wildman–Crippen MR) is 122 cm³/mol. The predicted octanol–water partition coefficient (Wildman–Crippen LogP) is 3.54. The van der Waals surface area contributed by atoms with Crippen LogP contribution in [0.5, 0.6) is 0 Å². The van der Waals surface area contributed by atoms with Crippen LogP contribution in [0.15, 0.2) is 47.5 Å². The zero-order valence-electron chi connectivity index (χ0n) is 17.4. The molecular weight excluding hydrogens is 414 g/mol. The molecule has 3 aromatic rings. The first-order valence-electron chi connectivity index (χ1n) is 10.00. The van der Waals surface area contributed by atoms with Gasteiger partial charge < -0.3 is 15.7 Å². The molecule has 31 heavy (non-hydrogen) atoms. The van der Waals surface area contributed by atoms with Crippen molar-refractivity contribution in [3.8, 4) is 11.3 Å². The van der Waals surface area contributed by atoms with Crippen molar-refractivity contribution in [3.63, 3.8) is 0 Å². The van der Waals surface area contributed by atoms with Gasteiger partial charge in [0.2, 0.25) is 0 Å². The topological polar surface area (TPSA) is 96.7 Å². The van der Waals surface area contributed by atoms with Crippen LogP contribution in [0.4, 0.5) is 5.69 Å². The zero-order valence-corrected chi connectivity index (χ0v) is 18.2. The molecule has 7 nitrogen and oxygen atoms in total. The van der Waals surface area contributed by atoms with Crippen LogP contribution in [0.3, 0.4) is 0 Å². The monoisotopic (exact) mass is 437 g/mol. The number of fused-ring (bicyclic) bond motifs is 1. The Balaban J connectivity index is 1.65. The molecule has 0 unspecified atom stereocenters. The van der Waals surface area contributed by atoms with Gasteiger partial charge in [-0.05, 0) is 41.8 Å². The molecule has 3 N–H and O–H groups in total. The Bertz CT molecular complexity index is 1150. The molecule has 0 fully saturated rings. The number of anilines is 1. The van der Waals surface area contributed by atoms with E-state index in [4.69, 9.17) is 17.3 Å². The summed E-state index contributed by atoms with van der Waals surface area (Å²) in [5, 5.41) is 14.9. The van der Waals surface area contributed by atoms with Crippen molar-refractivity contribution in [2.75, 3.05) is 19.3 Å². The van der Waals surface area contributed by atoms with Gasteiger partial charge in [0.1, 0.15) is 5.69 Å². The summed E-state index contributed by atoms with van der Waals surface area (Å²) >= 11 is 6.07. The fourth-order valence-electron chi connectivity index (χ4n) is 3.99. The van der Waals surface area contributed by atoms with Gasteiger partial charge in [-0.15, -0.1) is 0 Å². The van der Waals surface area contributed by atoms with Gasteiger partial charge in [0.15, 0.2) is 0 Å². The SMILES string of the molecule is C/N=C/c1ccc(CN2C[C@H](C)n3nc(-c4c(N)cc(Cl)cc4CO)cc3C2=O)cc1. The molecular formula is C23H24ClN5O2. The maximum absolute atomic E-state index is 13.2. The zero-order chi connectivity index (χ0) is 22.1. The minimum Gasteiger partial charge on any atom is -0.398 e. The van der Waals surface area contributed by atoms with E-state index in [0.717, 1.165) is 11.1 Å². The van der Waals surface area contributed by atoms with Crippen molar-refractivity contribution in [2.24, 2.45) is 4.99 Å². The number of aliphatic hydroxyl groups is 1. The first kappa shape index (κ1) is 21.1. The minimum atomic E-state index is -0.226. The number of amides is 1. The average molecular weight is 438 g/mol. The van der Waals surface area contributed by atoms with Crippen molar-refractivity contribution in [1.82, 2.24) is 14.7 Å². The molecule has 8 heteroatoms. The average Bonchev–Trinajstić information content (AvgIpc) is 3.18. The van der Waals surface area contributed by atoms with Gasteiger partial charge >= 0.3 is 0 Å². The minimum absolute atomic E-state index is 0.000880. The molecule has 2 heterocycles. The van der Waals surface area contributed by atoms with Crippen molar-refractivity contribution < 1.29 is 9.90 Å². The van der Waals surface area contributed by atoms with E-state index < -0.39 is 0 Å². The largest absolute Gasteiger partial charge is 0.398 e. The smallest absolute Gasteiger partial charge is 0.272 e. The maximum atomic E-state index is 13.2. The number of nitrogen functional groups attached to an aromatic ring is 1. The Morgan fingerprint density at radius 3 is 2.71 bits per heavy atom. The number of carbonyl (C=O) groups excluding carboxylic acids is 1. The highest BCUT2D eigenvalue weighted by Crippen LogP contribution is 2.34. The van der Waals surface area contributed by atoms with Crippen LogP contribution >= 0.6 is 11.6 Å². The van der Waals surface area contributed by atoms with E-state index in [0.29, 0.717) is 46.3 Å². The summed E-state index contributed by atoms with van der Waals surface area (Å²) < 4.78 is 1.74. The van der Waals surface area contributed by atoms with Crippen LogP contribution in [0.25, 0.3) is 11.3 Å². The number of aromatic nitrogens is 2. The van der Waals surface area contributed by atoms with Crippen LogP contribution < -0.4 is 5.73 Å². The number of aliphatic hydroxyl groups excluding tert-OH is 1. The fourth-order valence-corrected chi connectivity index (χ4v) is 4.24. The second kappa shape index (κ2) is 8.53. The standard InChI is InChI=1S/C23H24ClN5O2/c1-14-11-28(12-16-5-3-15(4-6-16)10-26-2)23(31)21-9-20(27-29(14)21)22-17(13-30)7-18(24)8-19(22)25/h3-10,14,30H,11-13,25H2,1-2H3/b26-10+/t14-/m0/s1. The van der Waals surface area contributed by atoms with Gasteiger partial charge in [0, 0.05) is 42.6 Å². The van der Waals surface area contributed by atoms with E-state index in [1.54, 1.807) is 36.1 Å². The summed E-state index contributed by atoms with van der Waals surface area (Å²) in [4.78, 5) is 19.1. The molecule has 1 aliphatic heterocycles. The molecule has 0 saturated heterocycles. The van der Waals surface area contributed by atoms with Crippen molar-refractivity contribution in [3.05, 3.63) is 69.9 Å². The van der Waals surface area contributed by atoms with Gasteiger partial charge in [-0.1, -0.05) is 35.9 Å². The molecule has 0 bridgehead atoms. The third kappa shape index (κ3) is 4.06. The lowest BCUT2D eigenvalue weighted by Crippen LogP contribution is -2.41. The van der Waals surface area contributed by atoms with Crippen molar-refractivity contribution in [1.29, 1.82) is 0 Å². The summed E-state index contributed by atoms with van der Waals surface area (Å²) in [6.45, 7) is 2.86. The molecule has 0 aliphatic carbocycles. The summed E-state index contributed by atoms with van der Waals surface area (Å²) in [6, 6.07) is 13.0. The fraction of sp³-hybridized carbons (Fsp3) is 0.261. The van der Waals surface area contributed by atoms with Crippen LogP contribution in [0.2, 0.25) is 5.02 Å². The number of hydrogen-bond donors (Lipinski definition) is 2. The third-order valence-corrected chi connectivity index (χ3v) is 5.64. The molecule has 4 rings (SSSR count). The number of halogens is 1. The number of hydrogen-bond acceptors (Lipinski definition) is 5. The Labute approximate surface area is 185 Å². The first-order chi connectivity index (χ1) is 14.9. The Kier molecular flexibility index (Phi) is 5.80. The highest BCUT2D eigenvalue weighted by molar-refractivity contribution is 6.31. The lowest BCUT2D eigenvalue weighted by molar-refractivity contribution is 0.0651. The molecule has 1 atom stereocenters. The Morgan fingerprint density at radius 2 is 2.03 bits per heavy atom. The summed E-state index contributed by atoms with van der Waals surface area (Å²) in [5.74, 6) is -0.0888. The van der Waals surface area contributed by atoms with Gasteiger partial charge in [-0.3, -0.25) is 14.5 Å². The normalized spacial score (nSPS) is 16.2. The molecule has 1 aliphatic rings. The number of aliphatic imine (C=N–C) groups is 1. The van der Waals surface area contributed by atoms with Gasteiger partial charge in [0.25, 0.3) is 5.91 Å². The maximum Gasteiger partial charge on any atom is 0.272 e. The molecule has 0 radical (unpaired) electrons. The number of carbonyl (C=O) groups is 1. The summed E-state index contributed by atoms with van der Waals surface area (Å²) in [6.07, 6.45) is 1.79. The number of rotatable bonds is 5. The van der Waals surface area contributed by atoms with Crippen LogP contribution in [0, 0.1) is 0 Å². The lowest BCUT2D eigenvalue weighted by Gasteiger charge is -2.31. The molecule has 0 saturated carbocycles. The summed E-state index contributed by atoms with van der Waals surface area (Å²) in [5.41, 5.74) is 10.9. The van der Waals surface area contributed by atoms with E-state index in [-0.39, 0.29) is 18.6 Å². The van der Waals surface area contributed by atoms with E-state index in [1.165, 1.54) is 0 Å². The van der Waals surface area contributed by atoms with E-state index in [9.17, 15) is 9.90 Å². The summed E-state index contributed by atoms with van der Waals surface area (Å²) in [7, 11) is 1.74. The lowest BCUT2D eigenvalue weighted by atomic mass is 10.0. The highest BCUT2D eigenvalue weighted by Gasteiger charge is 2.31. The van der Waals surface area contributed by atoms with Gasteiger partial charge in [-0.2, -0.15) is 5.10 Å². The second-order valence-corrected chi connectivity index (χ2v) is 8.15. The van der Waals surface area contributed by atoms with E-state index >= 15 is 0 Å². The molecule has 2 aromatic carbocycles. The van der Waals surface area contributed by atoms with Crippen molar-refractivity contribution >= 4 is 29.4 Å². The first-order valence-corrected chi connectivity index (χ1v) is 10.4. The number of benzene rings is 2. The van der Waals surface area contributed by atoms with Gasteiger partial charge in [-0.25, -0.2) is 0 Å². The number of nitrogens with zero attached hydrogens (tertiary/aromatic N) is 4. The molecule has 160 valence electrons. The van der Waals surface area contributed by atoms with Crippen molar-refractivity contribution in [2.45, 2.75) is 26.1 Å².